The molecule has 5 rings (SSSR count). The number of hydrogen-bond donors (Lipinski definition) is 0. The van der Waals surface area contributed by atoms with Gasteiger partial charge in [0, 0.05) is 32.7 Å². The second kappa shape index (κ2) is 8.81. The fourth-order valence-corrected chi connectivity index (χ4v) is 9.11. The van der Waals surface area contributed by atoms with Crippen LogP contribution in [0.4, 0.5) is 5.13 Å². The fraction of sp³-hybridized carbons (Fsp3) is 0.455. The van der Waals surface area contributed by atoms with E-state index in [0.717, 1.165) is 22.0 Å². The number of nitrogens with zero attached hydrogens (tertiary/aromatic N) is 4. The summed E-state index contributed by atoms with van der Waals surface area (Å²) in [7, 11) is -3.73. The van der Waals surface area contributed by atoms with Gasteiger partial charge in [-0.05, 0) is 56.0 Å². The third-order valence-electron chi connectivity index (χ3n) is 6.28. The van der Waals surface area contributed by atoms with Crippen molar-refractivity contribution < 1.29 is 13.2 Å². The first-order chi connectivity index (χ1) is 15.7. The zero-order chi connectivity index (χ0) is 23.3. The van der Waals surface area contributed by atoms with E-state index in [4.69, 9.17) is 16.6 Å². The fourth-order valence-electron chi connectivity index (χ4n) is 4.65. The van der Waals surface area contributed by atoms with Crippen LogP contribution in [0.3, 0.4) is 0 Å². The predicted octanol–water partition coefficient (Wildman–Crippen LogP) is 4.13. The first kappa shape index (κ1) is 23.0. The van der Waals surface area contributed by atoms with Gasteiger partial charge in [-0.15, -0.1) is 11.3 Å². The third kappa shape index (κ3) is 4.27. The number of thiazole rings is 1. The number of halogens is 1. The molecule has 2 fully saturated rings. The molecule has 0 saturated carbocycles. The van der Waals surface area contributed by atoms with E-state index in [0.29, 0.717) is 49.9 Å². The van der Waals surface area contributed by atoms with Crippen LogP contribution < -0.4 is 4.90 Å². The molecule has 0 radical (unpaired) electrons. The van der Waals surface area contributed by atoms with Crippen molar-refractivity contribution in [1.82, 2.24) is 14.2 Å². The van der Waals surface area contributed by atoms with E-state index in [-0.39, 0.29) is 10.1 Å². The molecule has 0 aliphatic carbocycles. The average Bonchev–Trinajstić information content (AvgIpc) is 3.52. The van der Waals surface area contributed by atoms with Crippen LogP contribution in [0.2, 0.25) is 4.34 Å². The Bertz CT molecular complexity index is 1310. The predicted molar refractivity (Wildman–Crippen MR) is 134 cm³/mol. The van der Waals surface area contributed by atoms with Gasteiger partial charge in [0.1, 0.15) is 10.3 Å². The van der Waals surface area contributed by atoms with E-state index in [1.807, 2.05) is 0 Å². The van der Waals surface area contributed by atoms with E-state index in [1.54, 1.807) is 22.3 Å². The highest BCUT2D eigenvalue weighted by Gasteiger charge is 2.42. The van der Waals surface area contributed by atoms with E-state index in [1.165, 1.54) is 26.2 Å². The van der Waals surface area contributed by atoms with Crippen molar-refractivity contribution in [3.05, 3.63) is 39.7 Å². The molecule has 0 spiro atoms. The maximum atomic E-state index is 13.3. The molecule has 1 aromatic carbocycles. The van der Waals surface area contributed by atoms with Crippen molar-refractivity contribution in [2.45, 2.75) is 36.9 Å². The minimum Gasteiger partial charge on any atom is -0.345 e. The van der Waals surface area contributed by atoms with Gasteiger partial charge in [-0.3, -0.25) is 4.79 Å². The molecular formula is C22H25ClN4O3S3. The molecule has 2 aromatic heterocycles. The number of fused-ring (bicyclic) bond motifs is 1. The lowest BCUT2D eigenvalue weighted by Crippen LogP contribution is -2.54. The number of thiophene rings is 1. The Labute approximate surface area is 206 Å². The molecule has 7 nitrogen and oxygen atoms in total. The topological polar surface area (TPSA) is 73.8 Å². The van der Waals surface area contributed by atoms with Gasteiger partial charge in [-0.2, -0.15) is 4.31 Å². The highest BCUT2D eigenvalue weighted by atomic mass is 35.5. The van der Waals surface area contributed by atoms with Crippen molar-refractivity contribution in [1.29, 1.82) is 0 Å². The summed E-state index contributed by atoms with van der Waals surface area (Å²) < 4.78 is 29.4. The minimum absolute atomic E-state index is 0.103. The second-order valence-corrected chi connectivity index (χ2v) is 13.4. The molecule has 33 heavy (non-hydrogen) atoms. The molecule has 11 heteroatoms. The van der Waals surface area contributed by atoms with Crippen LogP contribution >= 0.6 is 34.3 Å². The van der Waals surface area contributed by atoms with Gasteiger partial charge in [-0.1, -0.05) is 29.0 Å². The largest absolute Gasteiger partial charge is 0.345 e. The van der Waals surface area contributed by atoms with Crippen LogP contribution in [0.25, 0.3) is 10.2 Å². The number of aryl methyl sites for hydroxylation is 2. The summed E-state index contributed by atoms with van der Waals surface area (Å²) in [4.78, 5) is 22.2. The van der Waals surface area contributed by atoms with Crippen molar-refractivity contribution >= 4 is 65.6 Å². The first-order valence-electron chi connectivity index (χ1n) is 10.9. The molecule has 0 N–H and O–H groups in total. The Morgan fingerprint density at radius 1 is 1.09 bits per heavy atom. The van der Waals surface area contributed by atoms with Crippen LogP contribution in [-0.4, -0.2) is 67.3 Å². The quantitative estimate of drug-likeness (QED) is 0.513. The Balaban J connectivity index is 1.28. The standard InChI is InChI=1S/C22H25ClN4O3S3/c1-14-12-15(2)20-17(13-14)31-22(24-20)26-10-8-25(9-11-26)21(28)16-4-3-7-27(16)33(29,30)19-6-5-18(23)32-19/h5-6,12-13,16H,3-4,7-11H2,1-2H3/t16-/m1/s1. The van der Waals surface area contributed by atoms with Crippen LogP contribution in [0.1, 0.15) is 24.0 Å². The van der Waals surface area contributed by atoms with E-state index in [2.05, 4.69) is 30.9 Å². The van der Waals surface area contributed by atoms with E-state index in [9.17, 15) is 13.2 Å². The zero-order valence-corrected chi connectivity index (χ0v) is 21.7. The summed E-state index contributed by atoms with van der Waals surface area (Å²) in [5.41, 5.74) is 3.45. The Morgan fingerprint density at radius 3 is 2.55 bits per heavy atom. The number of amides is 1. The number of aromatic nitrogens is 1. The van der Waals surface area contributed by atoms with E-state index >= 15 is 0 Å². The third-order valence-corrected chi connectivity index (χ3v) is 11.0. The number of anilines is 1. The van der Waals surface area contributed by atoms with Crippen molar-refractivity contribution in [2.24, 2.45) is 0 Å². The molecule has 2 aliphatic rings. The van der Waals surface area contributed by atoms with Gasteiger partial charge in [0.25, 0.3) is 10.0 Å². The summed E-state index contributed by atoms with van der Waals surface area (Å²) in [5, 5.41) is 0.977. The number of piperazine rings is 1. The molecule has 1 atom stereocenters. The molecule has 0 bridgehead atoms. The van der Waals surface area contributed by atoms with E-state index < -0.39 is 16.1 Å². The van der Waals surface area contributed by atoms with Gasteiger partial charge in [0.05, 0.1) is 14.6 Å². The lowest BCUT2D eigenvalue weighted by molar-refractivity contribution is -0.134. The molecule has 2 aliphatic heterocycles. The highest BCUT2D eigenvalue weighted by Crippen LogP contribution is 2.34. The lowest BCUT2D eigenvalue weighted by Gasteiger charge is -2.37. The molecule has 2 saturated heterocycles. The Hall–Kier alpha value is -1.72. The summed E-state index contributed by atoms with van der Waals surface area (Å²) in [5.74, 6) is -0.103. The number of carbonyl (C=O) groups is 1. The van der Waals surface area contributed by atoms with Gasteiger partial charge >= 0.3 is 0 Å². The maximum Gasteiger partial charge on any atom is 0.253 e. The molecule has 3 aromatic rings. The first-order valence-corrected chi connectivity index (χ1v) is 14.4. The monoisotopic (exact) mass is 524 g/mol. The molecular weight excluding hydrogens is 500 g/mol. The molecule has 176 valence electrons. The maximum absolute atomic E-state index is 13.3. The highest BCUT2D eigenvalue weighted by molar-refractivity contribution is 7.91. The second-order valence-electron chi connectivity index (χ2n) is 8.57. The summed E-state index contributed by atoms with van der Waals surface area (Å²) >= 11 is 8.67. The van der Waals surface area contributed by atoms with Gasteiger partial charge < -0.3 is 9.80 Å². The van der Waals surface area contributed by atoms with Crippen molar-refractivity contribution in [3.8, 4) is 0 Å². The Kier molecular flexibility index (Phi) is 6.15. The SMILES string of the molecule is Cc1cc(C)c2nc(N3CCN(C(=O)[C@H]4CCCN4S(=O)(=O)c4ccc(Cl)s4)CC3)sc2c1. The number of carbonyl (C=O) groups excluding carboxylic acids is 1. The van der Waals surface area contributed by atoms with Crippen molar-refractivity contribution in [3.63, 3.8) is 0 Å². The Morgan fingerprint density at radius 2 is 1.85 bits per heavy atom. The number of rotatable bonds is 4. The van der Waals surface area contributed by atoms with Gasteiger partial charge in [0.15, 0.2) is 5.13 Å². The molecule has 0 unspecified atom stereocenters. The summed E-state index contributed by atoms with van der Waals surface area (Å²) in [6.07, 6.45) is 1.23. The number of benzene rings is 1. The lowest BCUT2D eigenvalue weighted by atomic mass is 10.1. The van der Waals surface area contributed by atoms with Gasteiger partial charge in [0.2, 0.25) is 5.91 Å². The summed E-state index contributed by atoms with van der Waals surface area (Å²) in [6, 6.07) is 6.77. The number of sulfonamides is 1. The van der Waals surface area contributed by atoms with Gasteiger partial charge in [-0.25, -0.2) is 13.4 Å². The van der Waals surface area contributed by atoms with Crippen LogP contribution in [0, 0.1) is 13.8 Å². The van der Waals surface area contributed by atoms with Crippen LogP contribution in [0.5, 0.6) is 0 Å². The minimum atomic E-state index is -3.73. The van der Waals surface area contributed by atoms with Crippen LogP contribution in [0.15, 0.2) is 28.5 Å². The summed E-state index contributed by atoms with van der Waals surface area (Å²) in [6.45, 7) is 7.02. The van der Waals surface area contributed by atoms with Crippen molar-refractivity contribution in [2.75, 3.05) is 37.6 Å². The average molecular weight is 525 g/mol. The molecule has 1 amide bonds. The number of hydrogen-bond acceptors (Lipinski definition) is 7. The normalized spacial score (nSPS) is 20.2. The zero-order valence-electron chi connectivity index (χ0n) is 18.5. The smallest absolute Gasteiger partial charge is 0.253 e. The molecule has 4 heterocycles. The van der Waals surface area contributed by atoms with Crippen LogP contribution in [-0.2, 0) is 14.8 Å².